The van der Waals surface area contributed by atoms with Gasteiger partial charge in [0.15, 0.2) is 0 Å². The number of hydrogen-bond acceptors (Lipinski definition) is 0. The van der Waals surface area contributed by atoms with Crippen LogP contribution in [0, 0.1) is 44.6 Å². The van der Waals surface area contributed by atoms with Crippen molar-refractivity contribution >= 4 is 82.6 Å². The van der Waals surface area contributed by atoms with Gasteiger partial charge in [0.05, 0.1) is 0 Å². The molecule has 0 aromatic rings. The smallest absolute Gasteiger partial charge is 0.358 e. The van der Waals surface area contributed by atoms with Crippen LogP contribution in [0.1, 0.15) is 0 Å². The molecule has 0 spiro atoms. The van der Waals surface area contributed by atoms with Crippen molar-refractivity contribution in [2.45, 2.75) is 39.3 Å². The van der Waals surface area contributed by atoms with E-state index in [9.17, 15) is 0 Å². The molecule has 0 aliphatic rings. The Labute approximate surface area is 214 Å². The summed E-state index contributed by atoms with van der Waals surface area (Å²) in [7, 11) is 23.4. The second kappa shape index (κ2) is 36.8. The molecule has 0 fully saturated rings. The van der Waals surface area contributed by atoms with Crippen molar-refractivity contribution in [2.24, 2.45) is 0 Å². The van der Waals surface area contributed by atoms with Crippen LogP contribution in [0.5, 0.6) is 0 Å². The van der Waals surface area contributed by atoms with Crippen LogP contribution in [0.3, 0.4) is 0 Å². The predicted octanol–water partition coefficient (Wildman–Crippen LogP) is 9.04. The number of hydrogen-bond donors (Lipinski definition) is 0. The Morgan fingerprint density at radius 3 is 0.704 bits per heavy atom. The molecule has 0 aromatic carbocycles. The molecule has 11 heteroatoms. The third kappa shape index (κ3) is 249. The van der Waals surface area contributed by atoms with Crippen molar-refractivity contribution in [3.63, 3.8) is 0 Å². The minimum Gasteiger partial charge on any atom is -0.358 e. The van der Waals surface area contributed by atoms with Crippen LogP contribution in [-0.2, 0) is 45.9 Å². The van der Waals surface area contributed by atoms with Gasteiger partial charge in [-0.2, -0.15) is 0 Å². The van der Waals surface area contributed by atoms with Gasteiger partial charge < -0.3 is 49.2 Å². The summed E-state index contributed by atoms with van der Waals surface area (Å²) < 4.78 is 4.82. The Hall–Kier alpha value is 3.44. The zero-order valence-corrected chi connectivity index (χ0v) is 31.4. The first-order chi connectivity index (χ1) is 8.90. The molecule has 0 heterocycles. The number of nitrogens with zero attached hydrogens (tertiary/aromatic N) is 1. The second-order valence-electron chi connectivity index (χ2n) is 5.55. The molecule has 0 aromatic heterocycles. The van der Waals surface area contributed by atoms with Crippen molar-refractivity contribution < 1.29 is 45.9 Å². The molecule has 0 radical (unpaired) electrons. The summed E-state index contributed by atoms with van der Waals surface area (Å²) in [6.07, 6.45) is 0. The van der Waals surface area contributed by atoms with E-state index in [1.54, 1.807) is 0 Å². The minimum absolute atomic E-state index is 0. The van der Waals surface area contributed by atoms with Gasteiger partial charge in [-0.15, -0.1) is 0 Å². The normalized spacial score (nSPS) is 7.52. The van der Waals surface area contributed by atoms with E-state index >= 15 is 0 Å². The van der Waals surface area contributed by atoms with Gasteiger partial charge in [0.2, 0.25) is 0 Å². The van der Waals surface area contributed by atoms with E-state index in [1.807, 2.05) is 0 Å². The van der Waals surface area contributed by atoms with Crippen molar-refractivity contribution in [3.05, 3.63) is 49.2 Å². The molecule has 0 unspecified atom stereocenters. The van der Waals surface area contributed by atoms with E-state index in [4.69, 9.17) is 51.3 Å². The monoisotopic (exact) mass is 761 g/mol. The molecule has 0 aliphatic heterocycles. The first-order valence-electron chi connectivity index (χ1n) is 5.64. The molecule has 177 valence electrons. The summed E-state index contributed by atoms with van der Waals surface area (Å²) in [5, 5.41) is 0. The van der Waals surface area contributed by atoms with Crippen molar-refractivity contribution in [3.8, 4) is 0 Å². The molecule has 0 bridgehead atoms. The van der Waals surface area contributed by atoms with Gasteiger partial charge in [-0.3, -0.25) is 0 Å². The minimum atomic E-state index is -1.64. The van der Waals surface area contributed by atoms with E-state index < -0.39 is 62.4 Å². The Balaban J connectivity index is -0.0000000178. The van der Waals surface area contributed by atoms with E-state index in [0.29, 0.717) is 0 Å². The molecule has 1 nitrogen and oxygen atoms in total. The predicted molar refractivity (Wildman–Crippen MR) is 146 cm³/mol. The molecule has 0 amide bonds. The Kier molecular flexibility index (Phi) is 86.1. The van der Waals surface area contributed by atoms with Crippen LogP contribution in [0.25, 0.3) is 4.65 Å². The standard InChI is InChI=1S/C6H18NSi2.6CH3.4CH2.5ClH.2Ti.W/c1-8(2,3)7-9(4,5)6;;;;;;;;;;;;;;;;;;/h1-6H3;6*1H3;4*1H2;5*1H;;;/q7*-1;;;;;;;;;;2*+2;+1/p-5. The Bertz CT molecular complexity index is 331. The maximum Gasteiger partial charge on any atom is -0.358 e. The van der Waals surface area contributed by atoms with Gasteiger partial charge in [0.1, 0.15) is 0 Å². The second-order valence-corrected chi connectivity index (χ2v) is 33.0. The fraction of sp³-hybridized carbons (Fsp3) is 0.375. The number of rotatable bonds is 2. The maximum atomic E-state index is 5.25. The summed E-state index contributed by atoms with van der Waals surface area (Å²) in [6.45, 7) is 13.8. The van der Waals surface area contributed by atoms with Gasteiger partial charge in [0.25, 0.3) is 0 Å². The molecule has 27 heavy (non-hydrogen) atoms. The molecular weight excluding hydrogens is 719 g/mol. The number of halogens is 5. The van der Waals surface area contributed by atoms with Crippen molar-refractivity contribution in [2.75, 3.05) is 0 Å². The largest absolute Gasteiger partial charge is 0.358 e. The van der Waals surface area contributed by atoms with Gasteiger partial charge in [-0.25, -0.2) is 0 Å². The average Bonchev–Trinajstić information content (AvgIpc) is 1.89. The molecule has 0 saturated heterocycles. The molecule has 0 rings (SSSR count). The SMILES string of the molecule is C[Si](C)(C)[N-][Si](C)(C)C.[CH2]=[Ti]([Cl])[Cl].[CH2]=[Ti]([Cl])[Cl].[CH2]=[W](=[CH2])[Cl].[CH3-].[CH3-].[CH3-].[CH3-].[CH3-].[CH3-]. The van der Waals surface area contributed by atoms with E-state index in [-0.39, 0.29) is 44.6 Å². The Morgan fingerprint density at radius 2 is 0.704 bits per heavy atom. The van der Waals surface area contributed by atoms with Gasteiger partial charge in [-0.05, 0) is 0 Å². The van der Waals surface area contributed by atoms with Gasteiger partial charge >= 0.3 is 112 Å². The van der Waals surface area contributed by atoms with Crippen molar-refractivity contribution in [1.29, 1.82) is 0 Å². The fourth-order valence-electron chi connectivity index (χ4n) is 1.01. The van der Waals surface area contributed by atoms with Crippen LogP contribution in [0.4, 0.5) is 0 Å². The van der Waals surface area contributed by atoms with Crippen LogP contribution in [0.2, 0.25) is 39.3 Å². The summed E-state index contributed by atoms with van der Waals surface area (Å²) in [6, 6.07) is 0. The molecule has 0 atom stereocenters. The molecular formula is C16H44Cl5NSi2Ti2W-7. The molecule has 0 saturated carbocycles. The van der Waals surface area contributed by atoms with Gasteiger partial charge in [0, 0.05) is 0 Å². The topological polar surface area (TPSA) is 14.1 Å². The van der Waals surface area contributed by atoms with E-state index in [2.05, 4.69) is 58.7 Å². The van der Waals surface area contributed by atoms with Crippen LogP contribution in [0.15, 0.2) is 0 Å². The maximum absolute atomic E-state index is 5.25. The Morgan fingerprint density at radius 1 is 0.630 bits per heavy atom. The third-order valence-electron chi connectivity index (χ3n) is 0.671. The van der Waals surface area contributed by atoms with Crippen LogP contribution in [-0.4, -0.2) is 35.9 Å². The summed E-state index contributed by atoms with van der Waals surface area (Å²) in [4.78, 5) is 13.6. The first-order valence-corrected chi connectivity index (χ1v) is 31.1. The zero-order valence-electron chi connectivity index (χ0n) is 19.6. The molecule has 0 N–H and O–H groups in total. The van der Waals surface area contributed by atoms with Crippen LogP contribution >= 0.6 is 46.6 Å². The van der Waals surface area contributed by atoms with Crippen LogP contribution < -0.4 is 0 Å². The summed E-state index contributed by atoms with van der Waals surface area (Å²) >= 11 is -4.83. The summed E-state index contributed by atoms with van der Waals surface area (Å²) in [5.74, 6) is 0. The summed E-state index contributed by atoms with van der Waals surface area (Å²) in [5.41, 5.74) is 0. The molecule has 0 aliphatic carbocycles. The van der Waals surface area contributed by atoms with Crippen molar-refractivity contribution in [1.82, 2.24) is 0 Å². The van der Waals surface area contributed by atoms with Gasteiger partial charge in [-0.1, -0.05) is 55.8 Å². The average molecular weight is 764 g/mol. The third-order valence-corrected chi connectivity index (χ3v) is 6.04. The fourth-order valence-corrected chi connectivity index (χ4v) is 9.06. The van der Waals surface area contributed by atoms with E-state index in [0.717, 1.165) is 0 Å². The van der Waals surface area contributed by atoms with E-state index in [1.165, 1.54) is 0 Å². The first kappa shape index (κ1) is 63.1. The zero-order chi connectivity index (χ0) is 18.4. The quantitative estimate of drug-likeness (QED) is 0.197.